The summed E-state index contributed by atoms with van der Waals surface area (Å²) in [5.74, 6) is 0.688. The van der Waals surface area contributed by atoms with Gasteiger partial charge in [-0.1, -0.05) is 20.8 Å². The van der Waals surface area contributed by atoms with Gasteiger partial charge in [-0.15, -0.1) is 0 Å². The molecule has 0 aliphatic carbocycles. The van der Waals surface area contributed by atoms with E-state index in [1.54, 1.807) is 0 Å². The second kappa shape index (κ2) is 5.13. The summed E-state index contributed by atoms with van der Waals surface area (Å²) in [5.41, 5.74) is 0.392. The van der Waals surface area contributed by atoms with Gasteiger partial charge in [0.15, 0.2) is 0 Å². The number of hydrogen-bond acceptors (Lipinski definition) is 2. The molecule has 1 aliphatic rings. The van der Waals surface area contributed by atoms with Gasteiger partial charge >= 0.3 is 0 Å². The third kappa shape index (κ3) is 3.97. The van der Waals surface area contributed by atoms with Crippen LogP contribution in [0.3, 0.4) is 0 Å². The van der Waals surface area contributed by atoms with E-state index in [0.29, 0.717) is 24.0 Å². The molecule has 1 fully saturated rings. The normalized spacial score (nSPS) is 29.1. The van der Waals surface area contributed by atoms with Crippen molar-refractivity contribution in [2.45, 2.75) is 52.5 Å². The summed E-state index contributed by atoms with van der Waals surface area (Å²) >= 11 is 0. The molecule has 2 nitrogen and oxygen atoms in total. The first-order chi connectivity index (χ1) is 6.53. The van der Waals surface area contributed by atoms with E-state index in [4.69, 9.17) is 5.11 Å². The number of aliphatic hydroxyl groups excluding tert-OH is 1. The van der Waals surface area contributed by atoms with E-state index in [1.165, 1.54) is 19.3 Å². The highest BCUT2D eigenvalue weighted by molar-refractivity contribution is 4.84. The Hall–Kier alpha value is -0.0800. The third-order valence-electron chi connectivity index (χ3n) is 3.06. The van der Waals surface area contributed by atoms with Crippen LogP contribution in [-0.4, -0.2) is 24.3 Å². The molecule has 2 atom stereocenters. The molecule has 2 N–H and O–H groups in total. The average Bonchev–Trinajstić information content (AvgIpc) is 2.06. The monoisotopic (exact) mass is 199 g/mol. The maximum absolute atomic E-state index is 9.01. The molecule has 0 spiro atoms. The number of aliphatic hydroxyl groups is 1. The summed E-state index contributed by atoms with van der Waals surface area (Å²) in [7, 11) is 0. The fraction of sp³-hybridized carbons (Fsp3) is 1.00. The summed E-state index contributed by atoms with van der Waals surface area (Å²) in [6, 6.07) is 0.621. The zero-order valence-corrected chi connectivity index (χ0v) is 9.84. The summed E-state index contributed by atoms with van der Waals surface area (Å²) < 4.78 is 0. The van der Waals surface area contributed by atoms with Gasteiger partial charge in [-0.05, 0) is 43.6 Å². The summed E-state index contributed by atoms with van der Waals surface area (Å²) in [4.78, 5) is 0. The molecule has 2 heteroatoms. The van der Waals surface area contributed by atoms with Crippen molar-refractivity contribution in [1.82, 2.24) is 5.32 Å². The van der Waals surface area contributed by atoms with E-state index >= 15 is 0 Å². The van der Waals surface area contributed by atoms with Crippen molar-refractivity contribution in [2.75, 3.05) is 13.2 Å². The Bertz CT molecular complexity index is 160. The summed E-state index contributed by atoms with van der Waals surface area (Å²) in [6.07, 6.45) is 4.74. The van der Waals surface area contributed by atoms with Gasteiger partial charge in [0.1, 0.15) is 0 Å². The molecule has 0 radical (unpaired) electrons. The molecule has 1 saturated heterocycles. The molecule has 1 heterocycles. The van der Waals surface area contributed by atoms with Crippen LogP contribution >= 0.6 is 0 Å². The van der Waals surface area contributed by atoms with Crippen molar-refractivity contribution in [3.05, 3.63) is 0 Å². The molecule has 0 aromatic rings. The topological polar surface area (TPSA) is 32.3 Å². The molecule has 0 bridgehead atoms. The Morgan fingerprint density at radius 2 is 2.07 bits per heavy atom. The Balaban J connectivity index is 2.45. The van der Waals surface area contributed by atoms with Gasteiger partial charge in [-0.3, -0.25) is 0 Å². The van der Waals surface area contributed by atoms with Gasteiger partial charge in [0.05, 0.1) is 0 Å². The van der Waals surface area contributed by atoms with E-state index in [1.807, 2.05) is 0 Å². The van der Waals surface area contributed by atoms with Crippen molar-refractivity contribution in [3.63, 3.8) is 0 Å². The minimum Gasteiger partial charge on any atom is -0.396 e. The van der Waals surface area contributed by atoms with Gasteiger partial charge in [0.2, 0.25) is 0 Å². The molecule has 0 aromatic carbocycles. The molecule has 0 saturated carbocycles. The first-order valence-corrected chi connectivity index (χ1v) is 5.87. The lowest BCUT2D eigenvalue weighted by atomic mass is 9.78. The second-order valence-electron chi connectivity index (χ2n) is 5.74. The van der Waals surface area contributed by atoms with Crippen molar-refractivity contribution in [1.29, 1.82) is 0 Å². The van der Waals surface area contributed by atoms with Crippen LogP contribution in [0.1, 0.15) is 46.5 Å². The Kier molecular flexibility index (Phi) is 4.39. The van der Waals surface area contributed by atoms with Gasteiger partial charge in [-0.25, -0.2) is 0 Å². The van der Waals surface area contributed by atoms with E-state index in [2.05, 4.69) is 26.1 Å². The quantitative estimate of drug-likeness (QED) is 0.730. The van der Waals surface area contributed by atoms with E-state index in [9.17, 15) is 0 Å². The van der Waals surface area contributed by atoms with E-state index in [-0.39, 0.29) is 0 Å². The first kappa shape index (κ1) is 12.0. The van der Waals surface area contributed by atoms with Crippen molar-refractivity contribution < 1.29 is 5.11 Å². The Morgan fingerprint density at radius 1 is 1.36 bits per heavy atom. The minimum absolute atomic E-state index is 0.340. The van der Waals surface area contributed by atoms with Gasteiger partial charge in [-0.2, -0.15) is 0 Å². The number of piperidine rings is 1. The molecule has 14 heavy (non-hydrogen) atoms. The largest absolute Gasteiger partial charge is 0.396 e. The predicted molar refractivity (Wildman–Crippen MR) is 60.3 cm³/mol. The van der Waals surface area contributed by atoms with Crippen LogP contribution in [0.2, 0.25) is 0 Å². The number of nitrogens with one attached hydrogen (secondary N) is 1. The SMILES string of the molecule is CC(C)(C)C[C@H]1NCCC[C@@H]1CCO. The fourth-order valence-electron chi connectivity index (χ4n) is 2.43. The predicted octanol–water partition coefficient (Wildman–Crippen LogP) is 2.17. The van der Waals surface area contributed by atoms with Crippen LogP contribution in [0, 0.1) is 11.3 Å². The maximum Gasteiger partial charge on any atom is 0.0434 e. The van der Waals surface area contributed by atoms with Crippen LogP contribution in [0.25, 0.3) is 0 Å². The lowest BCUT2D eigenvalue weighted by molar-refractivity contribution is 0.167. The van der Waals surface area contributed by atoms with Crippen molar-refractivity contribution in [3.8, 4) is 0 Å². The first-order valence-electron chi connectivity index (χ1n) is 5.87. The zero-order chi connectivity index (χ0) is 10.6. The smallest absolute Gasteiger partial charge is 0.0434 e. The van der Waals surface area contributed by atoms with Crippen LogP contribution in [0.15, 0.2) is 0 Å². The van der Waals surface area contributed by atoms with Gasteiger partial charge in [0, 0.05) is 12.6 Å². The molecular formula is C12H25NO. The zero-order valence-electron chi connectivity index (χ0n) is 9.84. The molecule has 84 valence electrons. The minimum atomic E-state index is 0.340. The van der Waals surface area contributed by atoms with Crippen molar-refractivity contribution >= 4 is 0 Å². The molecule has 0 aromatic heterocycles. The fourth-order valence-corrected chi connectivity index (χ4v) is 2.43. The van der Waals surface area contributed by atoms with E-state index in [0.717, 1.165) is 13.0 Å². The maximum atomic E-state index is 9.01. The highest BCUT2D eigenvalue weighted by Crippen LogP contribution is 2.29. The molecule has 0 unspecified atom stereocenters. The van der Waals surface area contributed by atoms with Crippen molar-refractivity contribution in [2.24, 2.45) is 11.3 Å². The lowest BCUT2D eigenvalue weighted by Gasteiger charge is -2.36. The molecule has 1 rings (SSSR count). The van der Waals surface area contributed by atoms with Gasteiger partial charge in [0.25, 0.3) is 0 Å². The summed E-state index contributed by atoms with van der Waals surface area (Å²) in [6.45, 7) is 8.37. The number of hydrogen-bond donors (Lipinski definition) is 2. The average molecular weight is 199 g/mol. The van der Waals surface area contributed by atoms with Crippen LogP contribution in [-0.2, 0) is 0 Å². The van der Waals surface area contributed by atoms with Crippen LogP contribution in [0.4, 0.5) is 0 Å². The highest BCUT2D eigenvalue weighted by atomic mass is 16.3. The van der Waals surface area contributed by atoms with Gasteiger partial charge < -0.3 is 10.4 Å². The lowest BCUT2D eigenvalue weighted by Crippen LogP contribution is -2.43. The van der Waals surface area contributed by atoms with Crippen LogP contribution in [0.5, 0.6) is 0 Å². The molecule has 1 aliphatic heterocycles. The van der Waals surface area contributed by atoms with Crippen LogP contribution < -0.4 is 5.32 Å². The molecule has 0 amide bonds. The number of rotatable bonds is 3. The second-order valence-corrected chi connectivity index (χ2v) is 5.74. The third-order valence-corrected chi connectivity index (χ3v) is 3.06. The Labute approximate surface area is 88.1 Å². The van der Waals surface area contributed by atoms with E-state index < -0.39 is 0 Å². The standard InChI is InChI=1S/C12H25NO/c1-12(2,3)9-11-10(6-8-14)5-4-7-13-11/h10-11,13-14H,4-9H2,1-3H3/t10-,11-/m1/s1. The highest BCUT2D eigenvalue weighted by Gasteiger charge is 2.27. The Morgan fingerprint density at radius 3 is 2.64 bits per heavy atom. The molecular weight excluding hydrogens is 174 g/mol. The summed E-state index contributed by atoms with van der Waals surface area (Å²) in [5, 5.41) is 12.6.